The Morgan fingerprint density at radius 3 is 2.50 bits per heavy atom. The Balaban J connectivity index is 2.48. The molecule has 0 radical (unpaired) electrons. The Kier molecular flexibility index (Phi) is 6.17. The van der Waals surface area contributed by atoms with Crippen molar-refractivity contribution >= 4 is 0 Å². The summed E-state index contributed by atoms with van der Waals surface area (Å²) in [6.07, 6.45) is 7.41. The van der Waals surface area contributed by atoms with Crippen LogP contribution in [0.4, 0.5) is 0 Å². The normalized spacial score (nSPS) is 12.7. The maximum atomic E-state index is 6.25. The van der Waals surface area contributed by atoms with E-state index < -0.39 is 0 Å². The first kappa shape index (κ1) is 13.2. The van der Waals surface area contributed by atoms with Gasteiger partial charge in [0.1, 0.15) is 0 Å². The van der Waals surface area contributed by atoms with Crippen LogP contribution in [0.25, 0.3) is 0 Å². The Labute approximate surface area is 100 Å². The van der Waals surface area contributed by atoms with Gasteiger partial charge in [-0.15, -0.1) is 0 Å². The van der Waals surface area contributed by atoms with Crippen LogP contribution in [0.1, 0.15) is 63.1 Å². The van der Waals surface area contributed by atoms with Gasteiger partial charge in [-0.1, -0.05) is 63.8 Å². The monoisotopic (exact) mass is 219 g/mol. The summed E-state index contributed by atoms with van der Waals surface area (Å²) in [5, 5.41) is 0. The zero-order valence-electron chi connectivity index (χ0n) is 10.7. The van der Waals surface area contributed by atoms with E-state index in [9.17, 15) is 0 Å². The van der Waals surface area contributed by atoms with E-state index in [1.807, 2.05) is 0 Å². The highest BCUT2D eigenvalue weighted by Crippen LogP contribution is 2.21. The summed E-state index contributed by atoms with van der Waals surface area (Å²) >= 11 is 0. The van der Waals surface area contributed by atoms with Crippen molar-refractivity contribution in [1.29, 1.82) is 0 Å². The number of rotatable bonds is 7. The van der Waals surface area contributed by atoms with Crippen LogP contribution in [-0.4, -0.2) is 0 Å². The number of benzene rings is 1. The van der Waals surface area contributed by atoms with E-state index in [1.54, 1.807) is 0 Å². The second-order valence-corrected chi connectivity index (χ2v) is 4.51. The highest BCUT2D eigenvalue weighted by Gasteiger charge is 2.08. The third kappa shape index (κ3) is 3.97. The van der Waals surface area contributed by atoms with E-state index in [-0.39, 0.29) is 6.04 Å². The summed E-state index contributed by atoms with van der Waals surface area (Å²) < 4.78 is 0. The molecule has 0 fully saturated rings. The molecule has 1 atom stereocenters. The number of unbranched alkanes of at least 4 members (excludes halogenated alkanes) is 3. The fraction of sp³-hybridized carbons (Fsp3) is 0.600. The molecule has 0 heterocycles. The first-order valence-corrected chi connectivity index (χ1v) is 6.63. The molecule has 1 rings (SSSR count). The van der Waals surface area contributed by atoms with Crippen LogP contribution in [0.15, 0.2) is 24.3 Å². The highest BCUT2D eigenvalue weighted by molar-refractivity contribution is 5.29. The molecule has 0 amide bonds. The minimum absolute atomic E-state index is 0.230. The van der Waals surface area contributed by atoms with Crippen molar-refractivity contribution in [1.82, 2.24) is 0 Å². The van der Waals surface area contributed by atoms with Crippen LogP contribution in [0, 0.1) is 0 Å². The molecule has 0 aliphatic heterocycles. The first-order chi connectivity index (χ1) is 7.79. The second kappa shape index (κ2) is 7.45. The van der Waals surface area contributed by atoms with Crippen LogP contribution < -0.4 is 5.73 Å². The lowest BCUT2D eigenvalue weighted by Crippen LogP contribution is -2.12. The Morgan fingerprint density at radius 1 is 1.06 bits per heavy atom. The zero-order chi connectivity index (χ0) is 11.8. The predicted molar refractivity (Wildman–Crippen MR) is 71.5 cm³/mol. The van der Waals surface area contributed by atoms with Crippen LogP contribution in [0.5, 0.6) is 0 Å². The third-order valence-corrected chi connectivity index (χ3v) is 3.20. The van der Waals surface area contributed by atoms with Crippen LogP contribution in [0.2, 0.25) is 0 Å². The van der Waals surface area contributed by atoms with Crippen molar-refractivity contribution < 1.29 is 0 Å². The van der Waals surface area contributed by atoms with E-state index in [0.29, 0.717) is 0 Å². The summed E-state index contributed by atoms with van der Waals surface area (Å²) in [5.41, 5.74) is 9.01. The van der Waals surface area contributed by atoms with Crippen molar-refractivity contribution in [2.75, 3.05) is 0 Å². The molecule has 1 unspecified atom stereocenters. The van der Waals surface area contributed by atoms with Gasteiger partial charge in [0.15, 0.2) is 0 Å². The second-order valence-electron chi connectivity index (χ2n) is 4.51. The van der Waals surface area contributed by atoms with Gasteiger partial charge in [-0.05, 0) is 24.0 Å². The molecule has 2 N–H and O–H groups in total. The van der Waals surface area contributed by atoms with Gasteiger partial charge < -0.3 is 5.73 Å². The smallest absolute Gasteiger partial charge is 0.0297 e. The lowest BCUT2D eigenvalue weighted by molar-refractivity contribution is 0.563. The third-order valence-electron chi connectivity index (χ3n) is 3.20. The average Bonchev–Trinajstić information content (AvgIpc) is 2.34. The van der Waals surface area contributed by atoms with Gasteiger partial charge in [-0.2, -0.15) is 0 Å². The maximum absolute atomic E-state index is 6.25. The van der Waals surface area contributed by atoms with Crippen molar-refractivity contribution in [2.24, 2.45) is 5.73 Å². The van der Waals surface area contributed by atoms with Gasteiger partial charge in [-0.25, -0.2) is 0 Å². The van der Waals surface area contributed by atoms with Crippen LogP contribution >= 0.6 is 0 Å². The van der Waals surface area contributed by atoms with Crippen molar-refractivity contribution in [3.8, 4) is 0 Å². The molecule has 0 aliphatic carbocycles. The van der Waals surface area contributed by atoms with E-state index in [4.69, 9.17) is 5.73 Å². The van der Waals surface area contributed by atoms with Gasteiger partial charge >= 0.3 is 0 Å². The van der Waals surface area contributed by atoms with E-state index in [2.05, 4.69) is 38.1 Å². The Bertz CT molecular complexity index is 293. The molecule has 16 heavy (non-hydrogen) atoms. The lowest BCUT2D eigenvalue weighted by Gasteiger charge is -2.15. The molecular formula is C15H25N. The van der Waals surface area contributed by atoms with Gasteiger partial charge in [-0.3, -0.25) is 0 Å². The maximum Gasteiger partial charge on any atom is 0.0297 e. The molecule has 1 aromatic rings. The Hall–Kier alpha value is -0.820. The largest absolute Gasteiger partial charge is 0.324 e. The van der Waals surface area contributed by atoms with Gasteiger partial charge in [0.2, 0.25) is 0 Å². The number of hydrogen-bond donors (Lipinski definition) is 1. The molecule has 1 nitrogen and oxygen atoms in total. The minimum Gasteiger partial charge on any atom is -0.324 e. The predicted octanol–water partition coefficient (Wildman–Crippen LogP) is 4.22. The summed E-state index contributed by atoms with van der Waals surface area (Å²) in [6, 6.07) is 8.81. The number of hydrogen-bond acceptors (Lipinski definition) is 1. The molecule has 0 bridgehead atoms. The standard InChI is InChI=1S/C15H25N/c1-3-5-6-7-12-15(16)14-11-9-8-10-13(14)4-2/h8-11,15H,3-7,12,16H2,1-2H3. The van der Waals surface area contributed by atoms with Gasteiger partial charge in [0.25, 0.3) is 0 Å². The molecular weight excluding hydrogens is 194 g/mol. The first-order valence-electron chi connectivity index (χ1n) is 6.63. The summed E-state index contributed by atoms with van der Waals surface area (Å²) in [5.74, 6) is 0. The molecule has 0 spiro atoms. The molecule has 0 aromatic heterocycles. The zero-order valence-corrected chi connectivity index (χ0v) is 10.7. The molecule has 90 valence electrons. The Morgan fingerprint density at radius 2 is 1.81 bits per heavy atom. The number of nitrogens with two attached hydrogens (primary N) is 1. The van der Waals surface area contributed by atoms with Gasteiger partial charge in [0.05, 0.1) is 0 Å². The van der Waals surface area contributed by atoms with Crippen LogP contribution in [0.3, 0.4) is 0 Å². The summed E-state index contributed by atoms with van der Waals surface area (Å²) in [7, 11) is 0. The minimum atomic E-state index is 0.230. The fourth-order valence-electron chi connectivity index (χ4n) is 2.16. The quantitative estimate of drug-likeness (QED) is 0.683. The lowest BCUT2D eigenvalue weighted by atomic mass is 9.95. The van der Waals surface area contributed by atoms with Crippen molar-refractivity contribution in [3.05, 3.63) is 35.4 Å². The van der Waals surface area contributed by atoms with Crippen LogP contribution in [-0.2, 0) is 6.42 Å². The van der Waals surface area contributed by atoms with E-state index in [1.165, 1.54) is 36.8 Å². The summed E-state index contributed by atoms with van der Waals surface area (Å²) in [6.45, 7) is 4.44. The van der Waals surface area contributed by atoms with Gasteiger partial charge in [0, 0.05) is 6.04 Å². The highest BCUT2D eigenvalue weighted by atomic mass is 14.6. The topological polar surface area (TPSA) is 26.0 Å². The molecule has 0 aliphatic rings. The van der Waals surface area contributed by atoms with E-state index >= 15 is 0 Å². The van der Waals surface area contributed by atoms with E-state index in [0.717, 1.165) is 12.8 Å². The molecule has 1 heteroatoms. The average molecular weight is 219 g/mol. The molecule has 0 saturated heterocycles. The molecule has 1 aromatic carbocycles. The fourth-order valence-corrected chi connectivity index (χ4v) is 2.16. The van der Waals surface area contributed by atoms with Crippen molar-refractivity contribution in [2.45, 2.75) is 58.4 Å². The summed E-state index contributed by atoms with van der Waals surface area (Å²) in [4.78, 5) is 0. The SMILES string of the molecule is CCCCCCC(N)c1ccccc1CC. The number of aryl methyl sites for hydroxylation is 1. The van der Waals surface area contributed by atoms with Crippen molar-refractivity contribution in [3.63, 3.8) is 0 Å². The molecule has 0 saturated carbocycles.